The second-order valence-corrected chi connectivity index (χ2v) is 8.31. The number of halogens is 1. The van der Waals surface area contributed by atoms with E-state index in [0.717, 1.165) is 21.8 Å². The summed E-state index contributed by atoms with van der Waals surface area (Å²) in [6.07, 6.45) is 3.43. The summed E-state index contributed by atoms with van der Waals surface area (Å²) in [7, 11) is 0. The van der Waals surface area contributed by atoms with Crippen LogP contribution in [0, 0.1) is 0 Å². The molecule has 8 nitrogen and oxygen atoms in total. The van der Waals surface area contributed by atoms with Gasteiger partial charge in [0.2, 0.25) is 11.8 Å². The number of carbonyl (C=O) groups is 2. The maximum Gasteiger partial charge on any atom is 0.244 e. The Morgan fingerprint density at radius 1 is 1.41 bits per heavy atom. The van der Waals surface area contributed by atoms with E-state index in [1.807, 2.05) is 26.0 Å². The van der Waals surface area contributed by atoms with Crippen LogP contribution in [-0.4, -0.2) is 58.0 Å². The van der Waals surface area contributed by atoms with Gasteiger partial charge in [-0.1, -0.05) is 11.6 Å². The SMILES string of the molecule is CC1(C)CN(CC(N)=O)C(C(=O)Nc2cc(Cl)cc3c2[nH]c2cnccc23)CO1. The van der Waals surface area contributed by atoms with Gasteiger partial charge in [0, 0.05) is 28.5 Å². The second-order valence-electron chi connectivity index (χ2n) is 7.87. The number of aromatic amines is 1. The number of morpholine rings is 1. The lowest BCUT2D eigenvalue weighted by Gasteiger charge is -2.42. The molecule has 0 bridgehead atoms. The molecule has 2 aromatic heterocycles. The van der Waals surface area contributed by atoms with E-state index in [0.29, 0.717) is 17.3 Å². The van der Waals surface area contributed by atoms with Gasteiger partial charge in [0.15, 0.2) is 0 Å². The zero-order valence-electron chi connectivity index (χ0n) is 16.2. The van der Waals surface area contributed by atoms with Crippen LogP contribution in [0.5, 0.6) is 0 Å². The highest BCUT2D eigenvalue weighted by molar-refractivity contribution is 6.33. The molecule has 0 aliphatic carbocycles. The van der Waals surface area contributed by atoms with E-state index in [1.165, 1.54) is 0 Å². The summed E-state index contributed by atoms with van der Waals surface area (Å²) in [5, 5.41) is 5.29. The first-order chi connectivity index (χ1) is 13.7. The normalized spacial score (nSPS) is 19.5. The Hall–Kier alpha value is -2.68. The average molecular weight is 416 g/mol. The van der Waals surface area contributed by atoms with Gasteiger partial charge >= 0.3 is 0 Å². The van der Waals surface area contributed by atoms with Gasteiger partial charge in [0.05, 0.1) is 41.7 Å². The number of nitrogens with two attached hydrogens (primary N) is 1. The summed E-state index contributed by atoms with van der Waals surface area (Å²) >= 11 is 6.31. The van der Waals surface area contributed by atoms with Gasteiger partial charge in [-0.2, -0.15) is 0 Å². The highest BCUT2D eigenvalue weighted by atomic mass is 35.5. The minimum Gasteiger partial charge on any atom is -0.372 e. The summed E-state index contributed by atoms with van der Waals surface area (Å²) < 4.78 is 5.81. The summed E-state index contributed by atoms with van der Waals surface area (Å²) in [5.74, 6) is -0.782. The summed E-state index contributed by atoms with van der Waals surface area (Å²) in [6, 6.07) is 4.78. The quantitative estimate of drug-likeness (QED) is 0.605. The number of nitrogens with zero attached hydrogens (tertiary/aromatic N) is 2. The number of benzene rings is 1. The number of hydrogen-bond acceptors (Lipinski definition) is 5. The number of amides is 2. The Bertz CT molecular complexity index is 1110. The molecule has 1 aromatic carbocycles. The van der Waals surface area contributed by atoms with Crippen LogP contribution in [0.3, 0.4) is 0 Å². The number of aromatic nitrogens is 2. The van der Waals surface area contributed by atoms with Crippen LogP contribution >= 0.6 is 11.6 Å². The summed E-state index contributed by atoms with van der Waals surface area (Å²) in [6.45, 7) is 4.37. The number of nitrogens with one attached hydrogen (secondary N) is 2. The largest absolute Gasteiger partial charge is 0.372 e. The van der Waals surface area contributed by atoms with Crippen molar-refractivity contribution in [3.8, 4) is 0 Å². The van der Waals surface area contributed by atoms with Crippen LogP contribution in [0.4, 0.5) is 5.69 Å². The molecule has 0 saturated carbocycles. The molecular weight excluding hydrogens is 394 g/mol. The molecule has 1 aliphatic rings. The molecule has 1 atom stereocenters. The van der Waals surface area contributed by atoms with Crippen LogP contribution < -0.4 is 11.1 Å². The summed E-state index contributed by atoms with van der Waals surface area (Å²) in [5.41, 5.74) is 7.06. The molecule has 1 aliphatic heterocycles. The Morgan fingerprint density at radius 2 is 2.21 bits per heavy atom. The molecule has 9 heteroatoms. The molecule has 3 aromatic rings. The Kier molecular flexibility index (Phi) is 4.94. The van der Waals surface area contributed by atoms with Crippen molar-refractivity contribution < 1.29 is 14.3 Å². The minimum absolute atomic E-state index is 0.0200. The van der Waals surface area contributed by atoms with Gasteiger partial charge in [-0.3, -0.25) is 19.5 Å². The number of anilines is 1. The van der Waals surface area contributed by atoms with Gasteiger partial charge in [0.25, 0.3) is 0 Å². The third-order valence-corrected chi connectivity index (χ3v) is 5.27. The minimum atomic E-state index is -0.643. The molecular formula is C20H22ClN5O3. The van der Waals surface area contributed by atoms with Crippen LogP contribution in [0.15, 0.2) is 30.6 Å². The fourth-order valence-electron chi connectivity index (χ4n) is 3.79. The molecule has 4 N–H and O–H groups in total. The lowest BCUT2D eigenvalue weighted by atomic mass is 10.0. The van der Waals surface area contributed by atoms with Gasteiger partial charge in [-0.05, 0) is 32.0 Å². The van der Waals surface area contributed by atoms with Crippen LogP contribution in [-0.2, 0) is 14.3 Å². The van der Waals surface area contributed by atoms with E-state index in [1.54, 1.807) is 23.4 Å². The van der Waals surface area contributed by atoms with Crippen molar-refractivity contribution in [2.75, 3.05) is 25.0 Å². The standard InChI is InChI=1S/C20H22ClN5O3/c1-20(2)10-26(8-17(22)27)16(9-29-20)19(28)25-14-6-11(21)5-13-12-3-4-23-7-15(12)24-18(13)14/h3-7,16,24H,8-10H2,1-2H3,(H2,22,27)(H,25,28). The Labute approximate surface area is 172 Å². The van der Waals surface area contributed by atoms with Crippen molar-refractivity contribution in [3.05, 3.63) is 35.6 Å². The number of fused-ring (bicyclic) bond motifs is 3. The van der Waals surface area contributed by atoms with E-state index in [4.69, 9.17) is 22.1 Å². The molecule has 3 heterocycles. The predicted molar refractivity (Wildman–Crippen MR) is 112 cm³/mol. The van der Waals surface area contributed by atoms with Gasteiger partial charge < -0.3 is 20.8 Å². The monoisotopic (exact) mass is 415 g/mol. The predicted octanol–water partition coefficient (Wildman–Crippen LogP) is 2.27. The zero-order valence-corrected chi connectivity index (χ0v) is 16.9. The second kappa shape index (κ2) is 7.29. The van der Waals surface area contributed by atoms with E-state index in [-0.39, 0.29) is 19.1 Å². The average Bonchev–Trinajstić information content (AvgIpc) is 2.99. The molecule has 1 unspecified atom stereocenters. The molecule has 0 spiro atoms. The van der Waals surface area contributed by atoms with Crippen molar-refractivity contribution in [2.24, 2.45) is 5.73 Å². The molecule has 1 saturated heterocycles. The molecule has 4 rings (SSSR count). The molecule has 29 heavy (non-hydrogen) atoms. The van der Waals surface area contributed by atoms with Gasteiger partial charge in [-0.25, -0.2) is 0 Å². The van der Waals surface area contributed by atoms with E-state index in [9.17, 15) is 9.59 Å². The lowest BCUT2D eigenvalue weighted by Crippen LogP contribution is -2.59. The first-order valence-corrected chi connectivity index (χ1v) is 9.63. The van der Waals surface area contributed by atoms with E-state index < -0.39 is 17.6 Å². The van der Waals surface area contributed by atoms with Crippen LogP contribution in [0.1, 0.15) is 13.8 Å². The number of hydrogen-bond donors (Lipinski definition) is 3. The highest BCUT2D eigenvalue weighted by Gasteiger charge is 2.38. The number of ether oxygens (including phenoxy) is 1. The number of carbonyl (C=O) groups excluding carboxylic acids is 2. The van der Waals surface area contributed by atoms with Crippen molar-refractivity contribution in [1.82, 2.24) is 14.9 Å². The fraction of sp³-hybridized carbons (Fsp3) is 0.350. The van der Waals surface area contributed by atoms with Crippen molar-refractivity contribution in [2.45, 2.75) is 25.5 Å². The Balaban J connectivity index is 1.67. The summed E-state index contributed by atoms with van der Waals surface area (Å²) in [4.78, 5) is 33.7. The molecule has 2 amide bonds. The maximum absolute atomic E-state index is 13.1. The zero-order chi connectivity index (χ0) is 20.8. The van der Waals surface area contributed by atoms with Crippen molar-refractivity contribution >= 4 is 50.9 Å². The first-order valence-electron chi connectivity index (χ1n) is 9.26. The van der Waals surface area contributed by atoms with Crippen molar-refractivity contribution in [1.29, 1.82) is 0 Å². The molecule has 152 valence electrons. The lowest BCUT2D eigenvalue weighted by molar-refractivity contribution is -0.146. The number of pyridine rings is 1. The first kappa shape index (κ1) is 19.6. The molecule has 0 radical (unpaired) electrons. The van der Waals surface area contributed by atoms with Gasteiger partial charge in [-0.15, -0.1) is 0 Å². The Morgan fingerprint density at radius 3 is 2.97 bits per heavy atom. The maximum atomic E-state index is 13.1. The van der Waals surface area contributed by atoms with E-state index in [2.05, 4.69) is 15.3 Å². The van der Waals surface area contributed by atoms with Crippen LogP contribution in [0.25, 0.3) is 21.8 Å². The third kappa shape index (κ3) is 3.91. The fourth-order valence-corrected chi connectivity index (χ4v) is 4.01. The van der Waals surface area contributed by atoms with Gasteiger partial charge in [0.1, 0.15) is 6.04 Å². The number of rotatable bonds is 4. The third-order valence-electron chi connectivity index (χ3n) is 5.05. The van der Waals surface area contributed by atoms with Crippen molar-refractivity contribution in [3.63, 3.8) is 0 Å². The number of primary amides is 1. The molecule has 1 fully saturated rings. The topological polar surface area (TPSA) is 113 Å². The van der Waals surface area contributed by atoms with E-state index >= 15 is 0 Å². The number of H-pyrrole nitrogens is 1. The highest BCUT2D eigenvalue weighted by Crippen LogP contribution is 2.33. The van der Waals surface area contributed by atoms with Crippen LogP contribution in [0.2, 0.25) is 5.02 Å². The smallest absolute Gasteiger partial charge is 0.244 e.